The highest BCUT2D eigenvalue weighted by molar-refractivity contribution is 5.92. The predicted molar refractivity (Wildman–Crippen MR) is 67.2 cm³/mol. The summed E-state index contributed by atoms with van der Waals surface area (Å²) in [6.07, 6.45) is 0.786. The van der Waals surface area contributed by atoms with E-state index in [1.165, 1.54) is 0 Å². The summed E-state index contributed by atoms with van der Waals surface area (Å²) in [6.45, 7) is 2.57. The van der Waals surface area contributed by atoms with Gasteiger partial charge >= 0.3 is 0 Å². The van der Waals surface area contributed by atoms with E-state index in [2.05, 4.69) is 15.6 Å². The van der Waals surface area contributed by atoms with Gasteiger partial charge in [-0.15, -0.1) is 0 Å². The van der Waals surface area contributed by atoms with Crippen molar-refractivity contribution in [3.05, 3.63) is 23.9 Å². The summed E-state index contributed by atoms with van der Waals surface area (Å²) in [5, 5.41) is 5.77. The van der Waals surface area contributed by atoms with Crippen molar-refractivity contribution in [2.45, 2.75) is 19.4 Å². The van der Waals surface area contributed by atoms with Crippen LogP contribution in [-0.2, 0) is 4.74 Å². The van der Waals surface area contributed by atoms with Crippen molar-refractivity contribution in [2.24, 2.45) is 0 Å². The Morgan fingerprint density at radius 2 is 2.29 bits per heavy atom. The topological polar surface area (TPSA) is 63.2 Å². The summed E-state index contributed by atoms with van der Waals surface area (Å²) in [5.41, 5.74) is 0.418. The molecule has 0 saturated heterocycles. The van der Waals surface area contributed by atoms with Crippen molar-refractivity contribution < 1.29 is 9.53 Å². The van der Waals surface area contributed by atoms with Gasteiger partial charge in [0.25, 0.3) is 5.91 Å². The van der Waals surface area contributed by atoms with Gasteiger partial charge in [-0.3, -0.25) is 4.79 Å². The molecule has 5 nitrogen and oxygen atoms in total. The molecular weight excluding hydrogens is 218 g/mol. The molecule has 5 heteroatoms. The molecule has 0 aliphatic heterocycles. The number of methoxy groups -OCH3 is 1. The smallest absolute Gasteiger partial charge is 0.270 e. The fourth-order valence-electron chi connectivity index (χ4n) is 1.36. The van der Waals surface area contributed by atoms with E-state index in [0.717, 1.165) is 6.42 Å². The highest BCUT2D eigenvalue weighted by atomic mass is 16.5. The highest BCUT2D eigenvalue weighted by Gasteiger charge is 2.10. The first-order chi connectivity index (χ1) is 8.17. The monoisotopic (exact) mass is 237 g/mol. The maximum absolute atomic E-state index is 11.8. The quantitative estimate of drug-likeness (QED) is 0.782. The minimum absolute atomic E-state index is 0.0718. The first kappa shape index (κ1) is 13.4. The van der Waals surface area contributed by atoms with Crippen LogP contribution in [0.5, 0.6) is 0 Å². The van der Waals surface area contributed by atoms with Gasteiger partial charge in [0.05, 0.1) is 0 Å². The Morgan fingerprint density at radius 3 is 2.94 bits per heavy atom. The van der Waals surface area contributed by atoms with Crippen LogP contribution in [0, 0.1) is 0 Å². The Kier molecular flexibility index (Phi) is 5.42. The maximum Gasteiger partial charge on any atom is 0.270 e. The zero-order valence-electron chi connectivity index (χ0n) is 10.5. The van der Waals surface area contributed by atoms with Crippen molar-refractivity contribution >= 4 is 11.7 Å². The summed E-state index contributed by atoms with van der Waals surface area (Å²) in [4.78, 5) is 16.0. The number of ether oxygens (including phenoxy) is 1. The van der Waals surface area contributed by atoms with Crippen molar-refractivity contribution in [1.82, 2.24) is 10.3 Å². The first-order valence-corrected chi connectivity index (χ1v) is 5.62. The van der Waals surface area contributed by atoms with Gasteiger partial charge in [-0.2, -0.15) is 0 Å². The Morgan fingerprint density at radius 1 is 1.53 bits per heavy atom. The van der Waals surface area contributed by atoms with Gasteiger partial charge < -0.3 is 15.4 Å². The largest absolute Gasteiger partial charge is 0.385 e. The molecule has 1 unspecified atom stereocenters. The minimum Gasteiger partial charge on any atom is -0.385 e. The lowest BCUT2D eigenvalue weighted by atomic mass is 10.2. The predicted octanol–water partition coefficient (Wildman–Crippen LogP) is 1.28. The molecule has 0 aromatic carbocycles. The molecule has 0 fully saturated rings. The molecule has 94 valence electrons. The summed E-state index contributed by atoms with van der Waals surface area (Å²) >= 11 is 0. The zero-order valence-corrected chi connectivity index (χ0v) is 10.5. The summed E-state index contributed by atoms with van der Waals surface area (Å²) < 4.78 is 4.96. The Hall–Kier alpha value is -1.62. The van der Waals surface area contributed by atoms with Gasteiger partial charge in [0, 0.05) is 26.8 Å². The van der Waals surface area contributed by atoms with E-state index < -0.39 is 0 Å². The number of anilines is 1. The van der Waals surface area contributed by atoms with E-state index in [0.29, 0.717) is 18.1 Å². The molecule has 17 heavy (non-hydrogen) atoms. The van der Waals surface area contributed by atoms with Crippen LogP contribution in [0.15, 0.2) is 18.2 Å². The number of rotatable bonds is 6. The molecule has 1 atom stereocenters. The maximum atomic E-state index is 11.8. The molecule has 0 spiro atoms. The summed E-state index contributed by atoms with van der Waals surface area (Å²) in [7, 11) is 3.41. The fourth-order valence-corrected chi connectivity index (χ4v) is 1.36. The molecule has 1 amide bonds. The summed E-state index contributed by atoms with van der Waals surface area (Å²) in [6, 6.07) is 5.38. The SMILES string of the molecule is CNc1cccc(C(=O)NC(C)CCOC)n1. The summed E-state index contributed by atoms with van der Waals surface area (Å²) in [5.74, 6) is 0.521. The highest BCUT2D eigenvalue weighted by Crippen LogP contribution is 2.04. The number of nitrogens with one attached hydrogen (secondary N) is 2. The van der Waals surface area contributed by atoms with E-state index in [1.807, 2.05) is 13.0 Å². The van der Waals surface area contributed by atoms with Gasteiger partial charge in [0.2, 0.25) is 0 Å². The number of nitrogens with zero attached hydrogens (tertiary/aromatic N) is 1. The Bertz CT molecular complexity index is 369. The first-order valence-electron chi connectivity index (χ1n) is 5.62. The lowest BCUT2D eigenvalue weighted by Crippen LogP contribution is -2.33. The Labute approximate surface area is 102 Å². The molecule has 0 aliphatic carbocycles. The number of aromatic nitrogens is 1. The second kappa shape index (κ2) is 6.85. The van der Waals surface area contributed by atoms with Gasteiger partial charge in [-0.1, -0.05) is 6.07 Å². The molecule has 2 N–H and O–H groups in total. The van der Waals surface area contributed by atoms with Crippen LogP contribution in [0.3, 0.4) is 0 Å². The van der Waals surface area contributed by atoms with Crippen molar-refractivity contribution in [3.63, 3.8) is 0 Å². The van der Waals surface area contributed by atoms with Crippen molar-refractivity contribution in [2.75, 3.05) is 26.1 Å². The molecule has 1 aromatic heterocycles. The van der Waals surface area contributed by atoms with Gasteiger partial charge in [0.15, 0.2) is 0 Å². The average molecular weight is 237 g/mol. The second-order valence-electron chi connectivity index (χ2n) is 3.81. The van der Waals surface area contributed by atoms with Gasteiger partial charge in [0.1, 0.15) is 11.5 Å². The fraction of sp³-hybridized carbons (Fsp3) is 0.500. The van der Waals surface area contributed by atoms with E-state index in [1.54, 1.807) is 26.3 Å². The molecule has 1 aromatic rings. The molecule has 0 saturated carbocycles. The average Bonchev–Trinajstić information content (AvgIpc) is 2.36. The standard InChI is InChI=1S/C12H19N3O2/c1-9(7-8-17-3)14-12(16)10-5-4-6-11(13-2)15-10/h4-6,9H,7-8H2,1-3H3,(H,13,15)(H,14,16). The molecule has 1 heterocycles. The second-order valence-corrected chi connectivity index (χ2v) is 3.81. The van der Waals surface area contributed by atoms with Crippen LogP contribution in [-0.4, -0.2) is 37.7 Å². The van der Waals surface area contributed by atoms with Crippen LogP contribution >= 0.6 is 0 Å². The number of hydrogen-bond donors (Lipinski definition) is 2. The third kappa shape index (κ3) is 4.40. The normalized spacial score (nSPS) is 11.9. The number of hydrogen-bond acceptors (Lipinski definition) is 4. The molecule has 1 rings (SSSR count). The molecule has 0 radical (unpaired) electrons. The number of carbonyl (C=O) groups is 1. The lowest BCUT2D eigenvalue weighted by Gasteiger charge is -2.13. The van der Waals surface area contributed by atoms with Crippen LogP contribution in [0.4, 0.5) is 5.82 Å². The van der Waals surface area contributed by atoms with Gasteiger partial charge in [-0.25, -0.2) is 4.98 Å². The van der Waals surface area contributed by atoms with Crippen molar-refractivity contribution in [3.8, 4) is 0 Å². The van der Waals surface area contributed by atoms with Crippen LogP contribution in [0.1, 0.15) is 23.8 Å². The molecular formula is C12H19N3O2. The van der Waals surface area contributed by atoms with Crippen LogP contribution in [0.2, 0.25) is 0 Å². The number of carbonyl (C=O) groups excluding carboxylic acids is 1. The van der Waals surface area contributed by atoms with E-state index in [9.17, 15) is 4.79 Å². The Balaban J connectivity index is 2.56. The molecule has 0 bridgehead atoms. The van der Waals surface area contributed by atoms with E-state index >= 15 is 0 Å². The van der Waals surface area contributed by atoms with Crippen molar-refractivity contribution in [1.29, 1.82) is 0 Å². The molecule has 0 aliphatic rings. The third-order valence-corrected chi connectivity index (χ3v) is 2.37. The third-order valence-electron chi connectivity index (χ3n) is 2.37. The minimum atomic E-state index is -0.161. The van der Waals surface area contributed by atoms with Crippen LogP contribution in [0.25, 0.3) is 0 Å². The zero-order chi connectivity index (χ0) is 12.7. The van der Waals surface area contributed by atoms with E-state index in [4.69, 9.17) is 4.74 Å². The van der Waals surface area contributed by atoms with Crippen LogP contribution < -0.4 is 10.6 Å². The number of amides is 1. The number of pyridine rings is 1. The van der Waals surface area contributed by atoms with Gasteiger partial charge in [-0.05, 0) is 25.5 Å². The lowest BCUT2D eigenvalue weighted by molar-refractivity contribution is 0.0924. The van der Waals surface area contributed by atoms with E-state index in [-0.39, 0.29) is 11.9 Å².